The monoisotopic (exact) mass is 260 g/mol. The van der Waals surface area contributed by atoms with Crippen LogP contribution in [0.3, 0.4) is 0 Å². The highest BCUT2D eigenvalue weighted by Crippen LogP contribution is 2.27. The van der Waals surface area contributed by atoms with E-state index in [4.69, 9.17) is 0 Å². The first-order valence-corrected chi connectivity index (χ1v) is 7.60. The van der Waals surface area contributed by atoms with Gasteiger partial charge in [-0.25, -0.2) is 0 Å². The Hall–Kier alpha value is -0.860. The van der Waals surface area contributed by atoms with Gasteiger partial charge in [0.2, 0.25) is 0 Å². The molecule has 0 bridgehead atoms. The molecule has 1 aromatic rings. The summed E-state index contributed by atoms with van der Waals surface area (Å²) in [6.07, 6.45) is 3.77. The predicted molar refractivity (Wildman–Crippen MR) is 82.4 cm³/mol. The maximum atomic E-state index is 3.38. The van der Waals surface area contributed by atoms with Crippen LogP contribution in [0.4, 0.5) is 0 Å². The second-order valence-electron chi connectivity index (χ2n) is 6.32. The highest BCUT2D eigenvalue weighted by molar-refractivity contribution is 5.29. The van der Waals surface area contributed by atoms with Crippen LogP contribution in [0.1, 0.15) is 37.8 Å². The molecule has 106 valence electrons. The van der Waals surface area contributed by atoms with Crippen LogP contribution >= 0.6 is 0 Å². The molecule has 2 rings (SSSR count). The highest BCUT2D eigenvalue weighted by Gasteiger charge is 2.27. The third kappa shape index (κ3) is 3.80. The van der Waals surface area contributed by atoms with Crippen molar-refractivity contribution in [2.75, 3.05) is 26.7 Å². The average Bonchev–Trinajstić information content (AvgIpc) is 2.39. The third-order valence-electron chi connectivity index (χ3n) is 4.27. The zero-order valence-corrected chi connectivity index (χ0v) is 12.7. The van der Waals surface area contributed by atoms with Gasteiger partial charge >= 0.3 is 0 Å². The molecular formula is C17H28N2. The Morgan fingerprint density at radius 3 is 2.68 bits per heavy atom. The third-order valence-corrected chi connectivity index (χ3v) is 4.27. The van der Waals surface area contributed by atoms with Crippen molar-refractivity contribution in [3.05, 3.63) is 35.4 Å². The molecule has 0 saturated carbocycles. The van der Waals surface area contributed by atoms with E-state index in [2.05, 4.69) is 55.4 Å². The summed E-state index contributed by atoms with van der Waals surface area (Å²) in [6, 6.07) is 8.90. The topological polar surface area (TPSA) is 15.3 Å². The summed E-state index contributed by atoms with van der Waals surface area (Å²) in [4.78, 5) is 2.63. The largest absolute Gasteiger partial charge is 0.319 e. The minimum Gasteiger partial charge on any atom is -0.319 e. The number of nitrogens with one attached hydrogen (secondary N) is 1. The van der Waals surface area contributed by atoms with E-state index < -0.39 is 0 Å². The quantitative estimate of drug-likeness (QED) is 0.845. The van der Waals surface area contributed by atoms with Crippen molar-refractivity contribution in [3.63, 3.8) is 0 Å². The minimum absolute atomic E-state index is 0.399. The molecule has 1 aliphatic rings. The Bertz CT molecular complexity index is 394. The molecule has 19 heavy (non-hydrogen) atoms. The molecule has 0 aromatic heterocycles. The van der Waals surface area contributed by atoms with Gasteiger partial charge in [0.25, 0.3) is 0 Å². The van der Waals surface area contributed by atoms with E-state index in [0.29, 0.717) is 5.41 Å². The average molecular weight is 260 g/mol. The van der Waals surface area contributed by atoms with Crippen molar-refractivity contribution in [1.82, 2.24) is 10.2 Å². The predicted octanol–water partition coefficient (Wildman–Crippen LogP) is 3.07. The van der Waals surface area contributed by atoms with E-state index in [1.165, 1.54) is 37.9 Å². The minimum atomic E-state index is 0.399. The number of nitrogens with zero attached hydrogens (tertiary/aromatic N) is 1. The standard InChI is InChI=1S/C17H28N2/c1-4-10-17(2,13-18-3)14-19-11-9-15-7-5-6-8-16(15)12-19/h5-8,18H,4,9-14H2,1-3H3. The van der Waals surface area contributed by atoms with Gasteiger partial charge in [-0.2, -0.15) is 0 Å². The van der Waals surface area contributed by atoms with Gasteiger partial charge in [-0.3, -0.25) is 4.90 Å². The van der Waals surface area contributed by atoms with Crippen LogP contribution in [0.25, 0.3) is 0 Å². The van der Waals surface area contributed by atoms with Crippen molar-refractivity contribution < 1.29 is 0 Å². The number of hydrogen-bond acceptors (Lipinski definition) is 2. The Labute approximate surface area is 118 Å². The van der Waals surface area contributed by atoms with Gasteiger partial charge in [0.05, 0.1) is 0 Å². The molecule has 1 unspecified atom stereocenters. The van der Waals surface area contributed by atoms with Gasteiger partial charge in [0, 0.05) is 26.2 Å². The first-order chi connectivity index (χ1) is 9.17. The zero-order chi connectivity index (χ0) is 13.7. The Morgan fingerprint density at radius 2 is 2.00 bits per heavy atom. The second kappa shape index (κ2) is 6.53. The van der Waals surface area contributed by atoms with Gasteiger partial charge in [-0.05, 0) is 36.4 Å². The molecule has 1 atom stereocenters. The summed E-state index contributed by atoms with van der Waals surface area (Å²) in [7, 11) is 2.07. The summed E-state index contributed by atoms with van der Waals surface area (Å²) in [5.41, 5.74) is 3.47. The van der Waals surface area contributed by atoms with Crippen molar-refractivity contribution in [2.45, 2.75) is 39.7 Å². The lowest BCUT2D eigenvalue weighted by molar-refractivity contribution is 0.140. The summed E-state index contributed by atoms with van der Waals surface area (Å²) in [6.45, 7) is 9.36. The van der Waals surface area contributed by atoms with Crippen molar-refractivity contribution in [3.8, 4) is 0 Å². The van der Waals surface area contributed by atoms with Gasteiger partial charge in [-0.15, -0.1) is 0 Å². The molecule has 1 aromatic carbocycles. The van der Waals surface area contributed by atoms with Crippen molar-refractivity contribution in [2.24, 2.45) is 5.41 Å². The number of fused-ring (bicyclic) bond motifs is 1. The second-order valence-corrected chi connectivity index (χ2v) is 6.32. The normalized spacial score (nSPS) is 18.9. The van der Waals surface area contributed by atoms with Gasteiger partial charge < -0.3 is 5.32 Å². The molecule has 2 nitrogen and oxygen atoms in total. The summed E-state index contributed by atoms with van der Waals surface area (Å²) >= 11 is 0. The maximum Gasteiger partial charge on any atom is 0.0236 e. The molecular weight excluding hydrogens is 232 g/mol. The smallest absolute Gasteiger partial charge is 0.0236 e. The molecule has 1 aliphatic heterocycles. The summed E-state index contributed by atoms with van der Waals surface area (Å²) in [5, 5.41) is 3.38. The fourth-order valence-corrected chi connectivity index (χ4v) is 3.48. The summed E-state index contributed by atoms with van der Waals surface area (Å²) < 4.78 is 0. The Kier molecular flexibility index (Phi) is 5.00. The van der Waals surface area contributed by atoms with Crippen LogP contribution in [-0.2, 0) is 13.0 Å². The van der Waals surface area contributed by atoms with Crippen molar-refractivity contribution in [1.29, 1.82) is 0 Å². The van der Waals surface area contributed by atoms with Crippen LogP contribution in [0, 0.1) is 5.41 Å². The lowest BCUT2D eigenvalue weighted by Gasteiger charge is -2.38. The van der Waals surface area contributed by atoms with E-state index in [1.54, 1.807) is 5.56 Å². The van der Waals surface area contributed by atoms with Crippen LogP contribution < -0.4 is 5.32 Å². The number of rotatable bonds is 6. The van der Waals surface area contributed by atoms with Gasteiger partial charge in [-0.1, -0.05) is 44.5 Å². The van der Waals surface area contributed by atoms with Crippen molar-refractivity contribution >= 4 is 0 Å². The van der Waals surface area contributed by atoms with E-state index >= 15 is 0 Å². The molecule has 1 heterocycles. The molecule has 0 aliphatic carbocycles. The SMILES string of the molecule is CCCC(C)(CNC)CN1CCc2ccccc2C1. The lowest BCUT2D eigenvalue weighted by atomic mass is 9.84. The van der Waals surface area contributed by atoms with Gasteiger partial charge in [0.15, 0.2) is 0 Å². The van der Waals surface area contributed by atoms with Crippen LogP contribution in [-0.4, -0.2) is 31.6 Å². The molecule has 0 radical (unpaired) electrons. The number of benzene rings is 1. The molecule has 0 fully saturated rings. The van der Waals surface area contributed by atoms with Gasteiger partial charge in [0.1, 0.15) is 0 Å². The number of hydrogen-bond donors (Lipinski definition) is 1. The first-order valence-electron chi connectivity index (χ1n) is 7.60. The Balaban J connectivity index is 2.00. The maximum absolute atomic E-state index is 3.38. The lowest BCUT2D eigenvalue weighted by Crippen LogP contribution is -2.43. The zero-order valence-electron chi connectivity index (χ0n) is 12.7. The van der Waals surface area contributed by atoms with E-state index in [9.17, 15) is 0 Å². The molecule has 2 heteroatoms. The molecule has 1 N–H and O–H groups in total. The van der Waals surface area contributed by atoms with E-state index in [0.717, 1.165) is 13.1 Å². The highest BCUT2D eigenvalue weighted by atomic mass is 15.1. The first kappa shape index (κ1) is 14.5. The molecule has 0 saturated heterocycles. The van der Waals surface area contributed by atoms with Crippen LogP contribution in [0.15, 0.2) is 24.3 Å². The fraction of sp³-hybridized carbons (Fsp3) is 0.647. The Morgan fingerprint density at radius 1 is 1.26 bits per heavy atom. The van der Waals surface area contributed by atoms with E-state index in [-0.39, 0.29) is 0 Å². The fourth-order valence-electron chi connectivity index (χ4n) is 3.48. The molecule has 0 spiro atoms. The summed E-state index contributed by atoms with van der Waals surface area (Å²) in [5.74, 6) is 0. The molecule has 0 amide bonds. The van der Waals surface area contributed by atoms with Crippen LogP contribution in [0.2, 0.25) is 0 Å². The van der Waals surface area contributed by atoms with Crippen LogP contribution in [0.5, 0.6) is 0 Å². The van der Waals surface area contributed by atoms with E-state index in [1.807, 2.05) is 0 Å².